The minimum atomic E-state index is -0.0900. The van der Waals surface area contributed by atoms with Gasteiger partial charge >= 0.3 is 0 Å². The maximum Gasteiger partial charge on any atom is 0.238 e. The van der Waals surface area contributed by atoms with Crippen molar-refractivity contribution in [1.29, 1.82) is 0 Å². The van der Waals surface area contributed by atoms with Crippen LogP contribution in [0.3, 0.4) is 0 Å². The Labute approximate surface area is 144 Å². The van der Waals surface area contributed by atoms with E-state index in [9.17, 15) is 4.79 Å². The molecule has 1 amide bonds. The van der Waals surface area contributed by atoms with Gasteiger partial charge in [-0.05, 0) is 42.0 Å². The summed E-state index contributed by atoms with van der Waals surface area (Å²) in [7, 11) is 3.20. The molecule has 0 unspecified atom stereocenters. The Morgan fingerprint density at radius 2 is 1.74 bits per heavy atom. The first kappa shape index (κ1) is 17.3. The fourth-order valence-electron chi connectivity index (χ4n) is 2.05. The molecule has 0 saturated carbocycles. The third-order valence-electron chi connectivity index (χ3n) is 3.19. The molecule has 2 N–H and O–H groups in total. The van der Waals surface area contributed by atoms with E-state index in [4.69, 9.17) is 9.47 Å². The number of ether oxygens (including phenoxy) is 2. The van der Waals surface area contributed by atoms with Crippen LogP contribution in [-0.4, -0.2) is 26.7 Å². The van der Waals surface area contributed by atoms with Gasteiger partial charge in [0, 0.05) is 16.7 Å². The Morgan fingerprint density at radius 3 is 2.39 bits per heavy atom. The summed E-state index contributed by atoms with van der Waals surface area (Å²) in [6, 6.07) is 13.1. The van der Waals surface area contributed by atoms with Crippen molar-refractivity contribution in [3.63, 3.8) is 0 Å². The molecular formula is C17H19BrN2O3. The highest BCUT2D eigenvalue weighted by molar-refractivity contribution is 9.10. The van der Waals surface area contributed by atoms with Crippen molar-refractivity contribution in [2.45, 2.75) is 6.54 Å². The largest absolute Gasteiger partial charge is 0.493 e. The van der Waals surface area contributed by atoms with E-state index in [0.717, 1.165) is 15.7 Å². The molecule has 0 bridgehead atoms. The lowest BCUT2D eigenvalue weighted by Crippen LogP contribution is -2.27. The molecule has 0 fully saturated rings. The van der Waals surface area contributed by atoms with E-state index in [-0.39, 0.29) is 12.5 Å². The van der Waals surface area contributed by atoms with Crippen molar-refractivity contribution < 1.29 is 14.3 Å². The number of carbonyl (C=O) groups is 1. The number of benzene rings is 2. The van der Waals surface area contributed by atoms with Crippen molar-refractivity contribution in [2.24, 2.45) is 0 Å². The second-order valence-electron chi connectivity index (χ2n) is 4.85. The van der Waals surface area contributed by atoms with Crippen molar-refractivity contribution in [3.05, 3.63) is 52.5 Å². The number of hydrogen-bond donors (Lipinski definition) is 2. The summed E-state index contributed by atoms with van der Waals surface area (Å²) in [5, 5.41) is 5.93. The molecule has 0 aromatic heterocycles. The topological polar surface area (TPSA) is 59.6 Å². The molecule has 0 aliphatic heterocycles. The van der Waals surface area contributed by atoms with Crippen LogP contribution >= 0.6 is 15.9 Å². The van der Waals surface area contributed by atoms with Gasteiger partial charge in [-0.15, -0.1) is 0 Å². The van der Waals surface area contributed by atoms with Crippen LogP contribution in [0.1, 0.15) is 5.56 Å². The Hall–Kier alpha value is -2.05. The van der Waals surface area contributed by atoms with Gasteiger partial charge in [0.05, 0.1) is 20.8 Å². The zero-order valence-corrected chi connectivity index (χ0v) is 14.6. The van der Waals surface area contributed by atoms with Crippen LogP contribution < -0.4 is 20.1 Å². The first-order valence-electron chi connectivity index (χ1n) is 7.09. The standard InChI is InChI=1S/C17H19BrN2O3/c1-22-15-8-3-12(9-16(15)23-2)10-19-11-17(21)20-14-6-4-13(18)5-7-14/h3-9,19H,10-11H2,1-2H3,(H,20,21). The van der Waals surface area contributed by atoms with Gasteiger partial charge in [-0.3, -0.25) is 4.79 Å². The normalized spacial score (nSPS) is 10.2. The van der Waals surface area contributed by atoms with Gasteiger partial charge in [-0.2, -0.15) is 0 Å². The summed E-state index contributed by atoms with van der Waals surface area (Å²) in [5.74, 6) is 1.27. The molecule has 23 heavy (non-hydrogen) atoms. The molecular weight excluding hydrogens is 360 g/mol. The molecule has 2 aromatic carbocycles. The van der Waals surface area contributed by atoms with Gasteiger partial charge in [0.1, 0.15) is 0 Å². The van der Waals surface area contributed by atoms with Crippen LogP contribution in [-0.2, 0) is 11.3 Å². The molecule has 0 heterocycles. The monoisotopic (exact) mass is 378 g/mol. The van der Waals surface area contributed by atoms with Crippen molar-refractivity contribution in [2.75, 3.05) is 26.1 Å². The van der Waals surface area contributed by atoms with Crippen LogP contribution in [0.15, 0.2) is 46.9 Å². The van der Waals surface area contributed by atoms with E-state index >= 15 is 0 Å². The second kappa shape index (κ2) is 8.55. The van der Waals surface area contributed by atoms with Crippen LogP contribution in [0, 0.1) is 0 Å². The van der Waals surface area contributed by atoms with E-state index in [1.54, 1.807) is 14.2 Å². The molecule has 0 aliphatic rings. The lowest BCUT2D eigenvalue weighted by atomic mass is 10.2. The fraction of sp³-hybridized carbons (Fsp3) is 0.235. The molecule has 0 radical (unpaired) electrons. The number of nitrogens with one attached hydrogen (secondary N) is 2. The Bertz CT molecular complexity index is 659. The maximum atomic E-state index is 11.9. The Kier molecular flexibility index (Phi) is 6.43. The summed E-state index contributed by atoms with van der Waals surface area (Å²) < 4.78 is 11.4. The minimum absolute atomic E-state index is 0.0900. The quantitative estimate of drug-likeness (QED) is 0.776. The highest BCUT2D eigenvalue weighted by atomic mass is 79.9. The zero-order valence-electron chi connectivity index (χ0n) is 13.1. The number of amides is 1. The van der Waals surface area contributed by atoms with E-state index in [1.165, 1.54) is 0 Å². The summed E-state index contributed by atoms with van der Waals surface area (Å²) >= 11 is 3.36. The number of rotatable bonds is 7. The van der Waals surface area contributed by atoms with Gasteiger partial charge < -0.3 is 20.1 Å². The average Bonchev–Trinajstić information content (AvgIpc) is 2.56. The predicted octanol–water partition coefficient (Wildman–Crippen LogP) is 3.19. The number of anilines is 1. The van der Waals surface area contributed by atoms with Gasteiger partial charge in [0.25, 0.3) is 0 Å². The molecule has 2 aromatic rings. The molecule has 0 saturated heterocycles. The lowest BCUT2D eigenvalue weighted by molar-refractivity contribution is -0.115. The van der Waals surface area contributed by atoms with Gasteiger partial charge in [0.15, 0.2) is 11.5 Å². The summed E-state index contributed by atoms with van der Waals surface area (Å²) in [5.41, 5.74) is 1.78. The van der Waals surface area contributed by atoms with Crippen LogP contribution in [0.5, 0.6) is 11.5 Å². The van der Waals surface area contributed by atoms with Crippen LogP contribution in [0.4, 0.5) is 5.69 Å². The van der Waals surface area contributed by atoms with E-state index in [0.29, 0.717) is 18.0 Å². The highest BCUT2D eigenvalue weighted by Gasteiger charge is 2.06. The fourth-order valence-corrected chi connectivity index (χ4v) is 2.31. The van der Waals surface area contributed by atoms with E-state index < -0.39 is 0 Å². The number of hydrogen-bond acceptors (Lipinski definition) is 4. The molecule has 6 heteroatoms. The highest BCUT2D eigenvalue weighted by Crippen LogP contribution is 2.27. The third kappa shape index (κ3) is 5.26. The van der Waals surface area contributed by atoms with E-state index in [2.05, 4.69) is 26.6 Å². The smallest absolute Gasteiger partial charge is 0.238 e. The SMILES string of the molecule is COc1ccc(CNCC(=O)Nc2ccc(Br)cc2)cc1OC. The summed E-state index contributed by atoms with van der Waals surface area (Å²) in [6.45, 7) is 0.790. The first-order chi connectivity index (χ1) is 11.1. The van der Waals surface area contributed by atoms with Gasteiger partial charge in [-0.1, -0.05) is 22.0 Å². The minimum Gasteiger partial charge on any atom is -0.493 e. The summed E-state index contributed by atoms with van der Waals surface area (Å²) in [6.07, 6.45) is 0. The molecule has 0 atom stereocenters. The molecule has 5 nitrogen and oxygen atoms in total. The molecule has 0 spiro atoms. The van der Waals surface area contributed by atoms with Crippen molar-refractivity contribution in [1.82, 2.24) is 5.32 Å². The number of carbonyl (C=O) groups excluding carboxylic acids is 1. The molecule has 122 valence electrons. The van der Waals surface area contributed by atoms with Crippen molar-refractivity contribution in [3.8, 4) is 11.5 Å². The lowest BCUT2D eigenvalue weighted by Gasteiger charge is -2.10. The predicted molar refractivity (Wildman–Crippen MR) is 94.0 cm³/mol. The maximum absolute atomic E-state index is 11.9. The summed E-state index contributed by atoms with van der Waals surface area (Å²) in [4.78, 5) is 11.9. The van der Waals surface area contributed by atoms with Gasteiger partial charge in [0.2, 0.25) is 5.91 Å². The second-order valence-corrected chi connectivity index (χ2v) is 5.76. The number of methoxy groups -OCH3 is 2. The average molecular weight is 379 g/mol. The molecule has 2 rings (SSSR count). The van der Waals surface area contributed by atoms with Crippen molar-refractivity contribution >= 4 is 27.5 Å². The zero-order chi connectivity index (χ0) is 16.7. The third-order valence-corrected chi connectivity index (χ3v) is 3.72. The molecule has 0 aliphatic carbocycles. The Balaban J connectivity index is 1.82. The Morgan fingerprint density at radius 1 is 1.04 bits per heavy atom. The van der Waals surface area contributed by atoms with Crippen LogP contribution in [0.25, 0.3) is 0 Å². The van der Waals surface area contributed by atoms with E-state index in [1.807, 2.05) is 42.5 Å². The van der Waals surface area contributed by atoms with Gasteiger partial charge in [-0.25, -0.2) is 0 Å². The number of halogens is 1. The first-order valence-corrected chi connectivity index (χ1v) is 7.88. The van der Waals surface area contributed by atoms with Crippen LogP contribution in [0.2, 0.25) is 0 Å².